The van der Waals surface area contributed by atoms with E-state index in [1.807, 2.05) is 55.1 Å². The summed E-state index contributed by atoms with van der Waals surface area (Å²) < 4.78 is 5.59. The molecule has 4 heteroatoms. The van der Waals surface area contributed by atoms with Gasteiger partial charge in [-0.25, -0.2) is 0 Å². The van der Waals surface area contributed by atoms with E-state index in [1.54, 1.807) is 0 Å². The molecule has 106 valence electrons. The predicted molar refractivity (Wildman–Crippen MR) is 77.9 cm³/mol. The molecule has 1 heterocycles. The molecular weight excluding hydrogens is 254 g/mol. The molecule has 0 saturated heterocycles. The van der Waals surface area contributed by atoms with E-state index < -0.39 is 5.97 Å². The summed E-state index contributed by atoms with van der Waals surface area (Å²) in [6.07, 6.45) is 0.105. The number of carboxylic acids is 1. The van der Waals surface area contributed by atoms with Crippen molar-refractivity contribution in [3.8, 4) is 0 Å². The third-order valence-electron chi connectivity index (χ3n) is 3.19. The van der Waals surface area contributed by atoms with Gasteiger partial charge in [0.15, 0.2) is 0 Å². The lowest BCUT2D eigenvalue weighted by Crippen LogP contribution is -2.26. The van der Waals surface area contributed by atoms with E-state index in [1.165, 1.54) is 0 Å². The topological polar surface area (TPSA) is 53.7 Å². The molecule has 0 saturated carbocycles. The highest BCUT2D eigenvalue weighted by atomic mass is 16.4. The summed E-state index contributed by atoms with van der Waals surface area (Å²) in [6, 6.07) is 11.8. The van der Waals surface area contributed by atoms with Crippen molar-refractivity contribution in [2.45, 2.75) is 26.8 Å². The lowest BCUT2D eigenvalue weighted by Gasteiger charge is -2.25. The zero-order chi connectivity index (χ0) is 14.5. The summed E-state index contributed by atoms with van der Waals surface area (Å²) in [5.41, 5.74) is 2.17. The first-order valence-electron chi connectivity index (χ1n) is 6.64. The third-order valence-corrected chi connectivity index (χ3v) is 3.19. The molecule has 2 aromatic rings. The summed E-state index contributed by atoms with van der Waals surface area (Å²) >= 11 is 0. The van der Waals surface area contributed by atoms with Crippen molar-refractivity contribution < 1.29 is 14.3 Å². The van der Waals surface area contributed by atoms with E-state index in [0.717, 1.165) is 22.8 Å². The molecule has 0 radical (unpaired) electrons. The van der Waals surface area contributed by atoms with Crippen LogP contribution in [0.4, 0.5) is 5.69 Å². The number of hydrogen-bond donors (Lipinski definition) is 1. The van der Waals surface area contributed by atoms with Gasteiger partial charge in [0.25, 0.3) is 0 Å². The maximum atomic E-state index is 10.8. The molecule has 0 aliphatic rings. The highest BCUT2D eigenvalue weighted by molar-refractivity contribution is 5.68. The van der Waals surface area contributed by atoms with E-state index in [4.69, 9.17) is 9.52 Å². The summed E-state index contributed by atoms with van der Waals surface area (Å²) in [5, 5.41) is 8.90. The maximum Gasteiger partial charge on any atom is 0.305 e. The van der Waals surface area contributed by atoms with Crippen molar-refractivity contribution >= 4 is 11.7 Å². The van der Waals surface area contributed by atoms with Crippen LogP contribution in [0.5, 0.6) is 0 Å². The van der Waals surface area contributed by atoms with Gasteiger partial charge in [-0.2, -0.15) is 0 Å². The number of nitrogens with zero attached hydrogens (tertiary/aromatic N) is 1. The number of carbonyl (C=O) groups is 1. The van der Waals surface area contributed by atoms with Crippen LogP contribution in [-0.2, 0) is 11.3 Å². The Morgan fingerprint density at radius 2 is 1.95 bits per heavy atom. The molecule has 0 fully saturated rings. The van der Waals surface area contributed by atoms with Gasteiger partial charge in [-0.15, -0.1) is 0 Å². The number of anilines is 1. The van der Waals surface area contributed by atoms with Crippen LogP contribution < -0.4 is 4.90 Å². The van der Waals surface area contributed by atoms with Crippen LogP contribution in [0.1, 0.15) is 23.5 Å². The van der Waals surface area contributed by atoms with Crippen molar-refractivity contribution in [2.75, 3.05) is 11.4 Å². The third kappa shape index (κ3) is 3.63. The van der Waals surface area contributed by atoms with E-state index in [2.05, 4.69) is 0 Å². The van der Waals surface area contributed by atoms with Crippen LogP contribution in [0.15, 0.2) is 40.8 Å². The summed E-state index contributed by atoms with van der Waals surface area (Å²) in [4.78, 5) is 12.9. The molecule has 0 atom stereocenters. The van der Waals surface area contributed by atoms with Crippen LogP contribution >= 0.6 is 0 Å². The van der Waals surface area contributed by atoms with Gasteiger partial charge in [-0.3, -0.25) is 4.79 Å². The van der Waals surface area contributed by atoms with Crippen LogP contribution in [-0.4, -0.2) is 17.6 Å². The molecule has 1 N–H and O–H groups in total. The van der Waals surface area contributed by atoms with Gasteiger partial charge in [0.1, 0.15) is 11.5 Å². The Kier molecular flexibility index (Phi) is 4.45. The van der Waals surface area contributed by atoms with Crippen LogP contribution in [0.25, 0.3) is 0 Å². The number of para-hydroxylation sites is 1. The Morgan fingerprint density at radius 1 is 1.20 bits per heavy atom. The lowest BCUT2D eigenvalue weighted by atomic mass is 10.1. The Hall–Kier alpha value is -2.23. The maximum absolute atomic E-state index is 10.8. The highest BCUT2D eigenvalue weighted by Crippen LogP contribution is 2.22. The van der Waals surface area contributed by atoms with Gasteiger partial charge in [0, 0.05) is 12.2 Å². The van der Waals surface area contributed by atoms with Gasteiger partial charge < -0.3 is 14.4 Å². The molecule has 0 bridgehead atoms. The van der Waals surface area contributed by atoms with Crippen LogP contribution in [0.2, 0.25) is 0 Å². The van der Waals surface area contributed by atoms with Gasteiger partial charge in [-0.1, -0.05) is 18.2 Å². The zero-order valence-corrected chi connectivity index (χ0v) is 11.8. The number of aliphatic carboxylic acids is 1. The molecule has 1 aromatic carbocycles. The second-order valence-corrected chi connectivity index (χ2v) is 4.86. The van der Waals surface area contributed by atoms with E-state index >= 15 is 0 Å². The molecule has 1 aromatic heterocycles. The lowest BCUT2D eigenvalue weighted by molar-refractivity contribution is -0.136. The zero-order valence-electron chi connectivity index (χ0n) is 11.8. The summed E-state index contributed by atoms with van der Waals surface area (Å²) in [7, 11) is 0. The second kappa shape index (κ2) is 6.28. The average molecular weight is 273 g/mol. The second-order valence-electron chi connectivity index (χ2n) is 4.86. The number of carboxylic acid groups (broad SMARTS) is 1. The number of benzene rings is 1. The van der Waals surface area contributed by atoms with Gasteiger partial charge >= 0.3 is 5.97 Å². The molecule has 4 nitrogen and oxygen atoms in total. The number of furan rings is 1. The minimum absolute atomic E-state index is 0.105. The minimum atomic E-state index is -0.792. The Labute approximate surface area is 118 Å². The first-order chi connectivity index (χ1) is 9.56. The first kappa shape index (κ1) is 14.2. The fourth-order valence-electron chi connectivity index (χ4n) is 2.19. The van der Waals surface area contributed by atoms with Gasteiger partial charge in [0.05, 0.1) is 13.0 Å². The normalized spacial score (nSPS) is 10.5. The number of aryl methyl sites for hydroxylation is 2. The molecule has 0 unspecified atom stereocenters. The van der Waals surface area contributed by atoms with Crippen molar-refractivity contribution in [3.63, 3.8) is 0 Å². The van der Waals surface area contributed by atoms with Crippen LogP contribution in [0, 0.1) is 13.8 Å². The molecule has 20 heavy (non-hydrogen) atoms. The molecule has 2 rings (SSSR count). The van der Waals surface area contributed by atoms with Crippen molar-refractivity contribution in [3.05, 3.63) is 53.5 Å². The van der Waals surface area contributed by atoms with E-state index in [-0.39, 0.29) is 6.42 Å². The summed E-state index contributed by atoms with van der Waals surface area (Å²) in [5.74, 6) is 0.915. The fourth-order valence-corrected chi connectivity index (χ4v) is 2.19. The van der Waals surface area contributed by atoms with Gasteiger partial charge in [-0.05, 0) is 37.6 Å². The SMILES string of the molecule is Cc1ccc(CN(CCC(=O)O)c2ccccc2C)o1. The standard InChI is InChI=1S/C16H19NO3/c1-12-5-3-4-6-15(12)17(10-9-16(18)19)11-14-8-7-13(2)20-14/h3-8H,9-11H2,1-2H3,(H,18,19). The molecule has 0 aliphatic heterocycles. The summed E-state index contributed by atoms with van der Waals surface area (Å²) in [6.45, 7) is 4.96. The van der Waals surface area contributed by atoms with Crippen molar-refractivity contribution in [2.24, 2.45) is 0 Å². The minimum Gasteiger partial charge on any atom is -0.481 e. The van der Waals surface area contributed by atoms with E-state index in [9.17, 15) is 4.79 Å². The Bertz CT molecular complexity index is 589. The Balaban J connectivity index is 2.20. The highest BCUT2D eigenvalue weighted by Gasteiger charge is 2.13. The first-order valence-corrected chi connectivity index (χ1v) is 6.64. The van der Waals surface area contributed by atoms with E-state index in [0.29, 0.717) is 13.1 Å². The van der Waals surface area contributed by atoms with Crippen LogP contribution in [0.3, 0.4) is 0 Å². The number of rotatable bonds is 6. The largest absolute Gasteiger partial charge is 0.481 e. The molecule has 0 aliphatic carbocycles. The van der Waals surface area contributed by atoms with Gasteiger partial charge in [0.2, 0.25) is 0 Å². The fraction of sp³-hybridized carbons (Fsp3) is 0.312. The smallest absolute Gasteiger partial charge is 0.305 e. The molecular formula is C16H19NO3. The molecule has 0 amide bonds. The average Bonchev–Trinajstić information content (AvgIpc) is 2.81. The van der Waals surface area contributed by atoms with Crippen molar-refractivity contribution in [1.82, 2.24) is 0 Å². The van der Waals surface area contributed by atoms with Crippen molar-refractivity contribution in [1.29, 1.82) is 0 Å². The number of hydrogen-bond acceptors (Lipinski definition) is 3. The predicted octanol–water partition coefficient (Wildman–Crippen LogP) is 3.38. The quantitative estimate of drug-likeness (QED) is 0.876. The molecule has 0 spiro atoms. The monoisotopic (exact) mass is 273 g/mol. The Morgan fingerprint density at radius 3 is 2.55 bits per heavy atom.